The lowest BCUT2D eigenvalue weighted by Gasteiger charge is -2.22. The van der Waals surface area contributed by atoms with Crippen LogP contribution >= 0.6 is 0 Å². The van der Waals surface area contributed by atoms with Crippen molar-refractivity contribution in [2.24, 2.45) is 7.05 Å². The van der Waals surface area contributed by atoms with E-state index >= 15 is 0 Å². The number of carbonyl (C=O) groups excluding carboxylic acids is 1. The van der Waals surface area contributed by atoms with Gasteiger partial charge in [-0.05, 0) is 43.5 Å². The third-order valence-electron chi connectivity index (χ3n) is 6.09. The fourth-order valence-electron chi connectivity index (χ4n) is 4.18. The molecule has 7 nitrogen and oxygen atoms in total. The molecule has 1 amide bonds. The van der Waals surface area contributed by atoms with E-state index in [-0.39, 0.29) is 11.9 Å². The lowest BCUT2D eigenvalue weighted by molar-refractivity contribution is 0.0823. The number of benzene rings is 2. The van der Waals surface area contributed by atoms with E-state index in [1.54, 1.807) is 0 Å². The Kier molecular flexibility index (Phi) is 8.71. The number of amides is 1. The molecule has 1 N–H and O–H groups in total. The fourth-order valence-corrected chi connectivity index (χ4v) is 4.18. The third kappa shape index (κ3) is 6.92. The molecule has 1 aromatic heterocycles. The monoisotopic (exact) mass is 462 g/mol. The zero-order chi connectivity index (χ0) is 23.6. The highest BCUT2D eigenvalue weighted by atomic mass is 16.5. The van der Waals surface area contributed by atoms with Crippen molar-refractivity contribution in [3.05, 3.63) is 83.9 Å². The minimum Gasteiger partial charge on any atom is -0.491 e. The number of ether oxygens (including phenoxy) is 2. The van der Waals surface area contributed by atoms with Gasteiger partial charge in [0.1, 0.15) is 12.4 Å². The number of aromatic nitrogens is 2. The molecule has 1 aliphatic heterocycles. The lowest BCUT2D eigenvalue weighted by atomic mass is 10.1. The van der Waals surface area contributed by atoms with E-state index in [0.717, 1.165) is 38.2 Å². The number of nitrogens with one attached hydrogen (secondary N) is 1. The smallest absolute Gasteiger partial charge is 0.255 e. The van der Waals surface area contributed by atoms with Gasteiger partial charge in [0.25, 0.3) is 5.91 Å². The molecule has 0 fully saturated rings. The van der Waals surface area contributed by atoms with Crippen LogP contribution in [0.2, 0.25) is 0 Å². The Balaban J connectivity index is 1.47. The molecule has 1 aliphatic rings. The summed E-state index contributed by atoms with van der Waals surface area (Å²) in [6, 6.07) is 17.5. The van der Waals surface area contributed by atoms with E-state index in [2.05, 4.69) is 27.3 Å². The number of nitrogens with zero attached hydrogens (tertiary/aromatic N) is 3. The molecule has 3 aromatic rings. The van der Waals surface area contributed by atoms with Crippen LogP contribution in [0.25, 0.3) is 0 Å². The van der Waals surface area contributed by atoms with Crippen molar-refractivity contribution in [1.82, 2.24) is 19.8 Å². The van der Waals surface area contributed by atoms with Crippen LogP contribution in [0.5, 0.6) is 5.75 Å². The average molecular weight is 463 g/mol. The molecule has 180 valence electrons. The van der Waals surface area contributed by atoms with Gasteiger partial charge in [-0.15, -0.1) is 0 Å². The highest BCUT2D eigenvalue weighted by Crippen LogP contribution is 2.19. The largest absolute Gasteiger partial charge is 0.491 e. The van der Waals surface area contributed by atoms with Crippen molar-refractivity contribution in [2.45, 2.75) is 31.8 Å². The van der Waals surface area contributed by atoms with Crippen molar-refractivity contribution in [2.75, 3.05) is 32.9 Å². The second-order valence-corrected chi connectivity index (χ2v) is 8.76. The summed E-state index contributed by atoms with van der Waals surface area (Å²) < 4.78 is 14.2. The molecule has 34 heavy (non-hydrogen) atoms. The highest BCUT2D eigenvalue weighted by Gasteiger charge is 2.19. The summed E-state index contributed by atoms with van der Waals surface area (Å²) in [5.74, 6) is 0.469. The molecule has 0 saturated carbocycles. The van der Waals surface area contributed by atoms with Crippen molar-refractivity contribution in [3.63, 3.8) is 0 Å². The third-order valence-corrected chi connectivity index (χ3v) is 6.09. The first-order valence-electron chi connectivity index (χ1n) is 12.0. The Morgan fingerprint density at radius 1 is 1.03 bits per heavy atom. The van der Waals surface area contributed by atoms with Crippen LogP contribution in [0, 0.1) is 0 Å². The van der Waals surface area contributed by atoms with Gasteiger partial charge in [0.2, 0.25) is 0 Å². The second-order valence-electron chi connectivity index (χ2n) is 8.76. The zero-order valence-corrected chi connectivity index (χ0v) is 19.9. The molecular weight excluding hydrogens is 428 g/mol. The summed E-state index contributed by atoms with van der Waals surface area (Å²) in [4.78, 5) is 19.8. The van der Waals surface area contributed by atoms with Crippen molar-refractivity contribution < 1.29 is 14.3 Å². The maximum absolute atomic E-state index is 13.2. The molecule has 1 atom stereocenters. The molecule has 0 bridgehead atoms. The Morgan fingerprint density at radius 2 is 1.85 bits per heavy atom. The maximum atomic E-state index is 13.2. The molecule has 4 rings (SSSR count). The highest BCUT2D eigenvalue weighted by molar-refractivity contribution is 5.97. The number of carbonyl (C=O) groups is 1. The number of para-hydroxylation sites is 1. The van der Waals surface area contributed by atoms with Crippen LogP contribution in [0.1, 0.15) is 34.5 Å². The number of hydrogen-bond donors (Lipinski definition) is 1. The van der Waals surface area contributed by atoms with Gasteiger partial charge < -0.3 is 19.4 Å². The summed E-state index contributed by atoms with van der Waals surface area (Å²) in [5, 5.41) is 3.17. The minimum absolute atomic E-state index is 0.116. The Morgan fingerprint density at radius 3 is 2.68 bits per heavy atom. The van der Waals surface area contributed by atoms with E-state index in [0.29, 0.717) is 37.6 Å². The Labute approximate surface area is 201 Å². The minimum atomic E-state index is -0.137. The van der Waals surface area contributed by atoms with E-state index < -0.39 is 0 Å². The van der Waals surface area contributed by atoms with Crippen molar-refractivity contribution in [3.8, 4) is 5.75 Å². The van der Waals surface area contributed by atoms with Crippen LogP contribution < -0.4 is 10.1 Å². The van der Waals surface area contributed by atoms with Crippen molar-refractivity contribution in [1.29, 1.82) is 0 Å². The maximum Gasteiger partial charge on any atom is 0.255 e. The topological polar surface area (TPSA) is 68.6 Å². The van der Waals surface area contributed by atoms with Gasteiger partial charge in [-0.3, -0.25) is 9.69 Å². The number of aryl methyl sites for hydroxylation is 1. The zero-order valence-electron chi connectivity index (χ0n) is 19.9. The number of fused-ring (bicyclic) bond motifs is 1. The van der Waals surface area contributed by atoms with Crippen LogP contribution in [0.4, 0.5) is 0 Å². The Bertz CT molecular complexity index is 1040. The van der Waals surface area contributed by atoms with Gasteiger partial charge in [0.05, 0.1) is 30.2 Å². The predicted molar refractivity (Wildman–Crippen MR) is 132 cm³/mol. The van der Waals surface area contributed by atoms with E-state index in [4.69, 9.17) is 9.47 Å². The summed E-state index contributed by atoms with van der Waals surface area (Å²) >= 11 is 0. The summed E-state index contributed by atoms with van der Waals surface area (Å²) in [7, 11) is 2.01. The van der Waals surface area contributed by atoms with Gasteiger partial charge in [-0.25, -0.2) is 4.98 Å². The summed E-state index contributed by atoms with van der Waals surface area (Å²) in [6.07, 6.45) is 6.45. The number of hydrogen-bond acceptors (Lipinski definition) is 5. The lowest BCUT2D eigenvalue weighted by Crippen LogP contribution is -2.40. The molecule has 2 aromatic carbocycles. The molecule has 0 radical (unpaired) electrons. The normalized spacial score (nSPS) is 18.7. The summed E-state index contributed by atoms with van der Waals surface area (Å²) in [5.41, 5.74) is 2.89. The van der Waals surface area contributed by atoms with E-state index in [9.17, 15) is 4.79 Å². The number of rotatable bonds is 4. The molecule has 0 saturated heterocycles. The van der Waals surface area contributed by atoms with Crippen LogP contribution in [0.15, 0.2) is 67.1 Å². The van der Waals surface area contributed by atoms with E-state index in [1.807, 2.05) is 66.6 Å². The van der Waals surface area contributed by atoms with Crippen LogP contribution in [0.3, 0.4) is 0 Å². The standard InChI is InChI=1S/C27H34N4O3/c1-30-21-28-18-24(30)19-31-13-7-8-15-33-20-23(17-22-9-3-2-4-10-22)29-27(32)25-11-5-6-12-26(25)34-16-14-31/h2-6,9-12,18,21,23H,7-8,13-17,19-20H2,1H3,(H,29,32)/t23-/m0/s1. The predicted octanol–water partition coefficient (Wildman–Crippen LogP) is 3.45. The molecule has 0 unspecified atom stereocenters. The van der Waals surface area contributed by atoms with Crippen molar-refractivity contribution >= 4 is 5.91 Å². The van der Waals surface area contributed by atoms with Gasteiger partial charge in [-0.2, -0.15) is 0 Å². The first-order valence-corrected chi connectivity index (χ1v) is 12.0. The molecule has 7 heteroatoms. The fraction of sp³-hybridized carbons (Fsp3) is 0.407. The quantitative estimate of drug-likeness (QED) is 0.643. The summed E-state index contributed by atoms with van der Waals surface area (Å²) in [6.45, 7) is 4.17. The first-order chi connectivity index (χ1) is 16.7. The molecule has 2 heterocycles. The van der Waals surface area contributed by atoms with Gasteiger partial charge >= 0.3 is 0 Å². The molecule has 0 spiro atoms. The molecule has 0 aliphatic carbocycles. The first kappa shape index (κ1) is 24.0. The van der Waals surface area contributed by atoms with Gasteiger partial charge in [0.15, 0.2) is 0 Å². The van der Waals surface area contributed by atoms with Crippen LogP contribution in [-0.4, -0.2) is 59.3 Å². The van der Waals surface area contributed by atoms with Gasteiger partial charge in [-0.1, -0.05) is 42.5 Å². The van der Waals surface area contributed by atoms with Crippen LogP contribution in [-0.2, 0) is 24.8 Å². The number of imidazole rings is 1. The van der Waals surface area contributed by atoms with E-state index in [1.165, 1.54) is 5.56 Å². The Hall–Kier alpha value is -3.16. The van der Waals surface area contributed by atoms with Gasteiger partial charge in [0, 0.05) is 32.9 Å². The molecular formula is C27H34N4O3. The SMILES string of the molecule is Cn1cncc1CN1CCCCOC[C@H](Cc2ccccc2)NC(=O)c2ccccc2OCC1. The average Bonchev–Trinajstić information content (AvgIpc) is 3.25. The second kappa shape index (κ2) is 12.3.